The summed E-state index contributed by atoms with van der Waals surface area (Å²) in [6, 6.07) is 6.01. The van der Waals surface area contributed by atoms with E-state index in [4.69, 9.17) is 0 Å². The predicted molar refractivity (Wildman–Crippen MR) is 84.8 cm³/mol. The molecule has 0 aliphatic carbocycles. The summed E-state index contributed by atoms with van der Waals surface area (Å²) in [5.74, 6) is 1.37. The molecule has 1 aromatic carbocycles. The molecule has 5 nitrogen and oxygen atoms in total. The first-order valence-electron chi connectivity index (χ1n) is 7.76. The van der Waals surface area contributed by atoms with E-state index in [2.05, 4.69) is 16.3 Å². The summed E-state index contributed by atoms with van der Waals surface area (Å²) in [6.45, 7) is 5.59. The van der Waals surface area contributed by atoms with Gasteiger partial charge in [-0.15, -0.1) is 10.2 Å². The second kappa shape index (κ2) is 5.91. The minimum Gasteiger partial charge on any atom is -0.338 e. The molecule has 3 rings (SSSR count). The van der Waals surface area contributed by atoms with Crippen molar-refractivity contribution in [1.29, 1.82) is 0 Å². The van der Waals surface area contributed by atoms with Crippen molar-refractivity contribution in [3.63, 3.8) is 0 Å². The Morgan fingerprint density at radius 2 is 2.14 bits per heavy atom. The first-order valence-corrected chi connectivity index (χ1v) is 7.76. The molecule has 0 spiro atoms. The van der Waals surface area contributed by atoms with Crippen molar-refractivity contribution in [1.82, 2.24) is 19.7 Å². The highest BCUT2D eigenvalue weighted by Gasteiger charge is 2.28. The third-order valence-corrected chi connectivity index (χ3v) is 4.43. The summed E-state index contributed by atoms with van der Waals surface area (Å²) in [5.41, 5.74) is 3.04. The van der Waals surface area contributed by atoms with E-state index in [1.54, 1.807) is 6.33 Å². The van der Waals surface area contributed by atoms with Gasteiger partial charge >= 0.3 is 0 Å². The second-order valence-corrected chi connectivity index (χ2v) is 6.21. The van der Waals surface area contributed by atoms with Crippen molar-refractivity contribution in [2.45, 2.75) is 32.6 Å². The van der Waals surface area contributed by atoms with E-state index in [9.17, 15) is 4.79 Å². The average Bonchev–Trinajstić information content (AvgIpc) is 2.93. The van der Waals surface area contributed by atoms with Gasteiger partial charge in [-0.2, -0.15) is 0 Å². The quantitative estimate of drug-likeness (QED) is 0.855. The van der Waals surface area contributed by atoms with Crippen LogP contribution in [0, 0.1) is 13.8 Å². The van der Waals surface area contributed by atoms with Gasteiger partial charge in [0.25, 0.3) is 5.91 Å². The largest absolute Gasteiger partial charge is 0.338 e. The van der Waals surface area contributed by atoms with Crippen LogP contribution < -0.4 is 0 Å². The summed E-state index contributed by atoms with van der Waals surface area (Å²) in [5, 5.41) is 8.17. The summed E-state index contributed by atoms with van der Waals surface area (Å²) in [4.78, 5) is 14.8. The van der Waals surface area contributed by atoms with E-state index in [0.717, 1.165) is 42.9 Å². The standard InChI is InChI=1S/C17H22N4O/c1-12-6-7-15(13(2)9-12)17(22)21-8-4-5-14(10-21)16-19-18-11-20(16)3/h6-7,9,11,14H,4-5,8,10H2,1-3H3. The highest BCUT2D eigenvalue weighted by atomic mass is 16.2. The average molecular weight is 298 g/mol. The highest BCUT2D eigenvalue weighted by molar-refractivity contribution is 5.95. The first kappa shape index (κ1) is 14.8. The van der Waals surface area contributed by atoms with Gasteiger partial charge in [0.2, 0.25) is 0 Å². The minimum atomic E-state index is 0.129. The number of likely N-dealkylation sites (tertiary alicyclic amines) is 1. The smallest absolute Gasteiger partial charge is 0.254 e. The van der Waals surface area contributed by atoms with Gasteiger partial charge in [0.15, 0.2) is 0 Å². The number of aryl methyl sites for hydroxylation is 3. The number of hydrogen-bond acceptors (Lipinski definition) is 3. The monoisotopic (exact) mass is 298 g/mol. The Labute approximate surface area is 131 Å². The summed E-state index contributed by atoms with van der Waals surface area (Å²) >= 11 is 0. The predicted octanol–water partition coefficient (Wildman–Crippen LogP) is 2.45. The van der Waals surface area contributed by atoms with Crippen LogP contribution >= 0.6 is 0 Å². The third-order valence-electron chi connectivity index (χ3n) is 4.43. The Hall–Kier alpha value is -2.17. The van der Waals surface area contributed by atoms with Crippen LogP contribution in [0.3, 0.4) is 0 Å². The normalized spacial score (nSPS) is 18.5. The van der Waals surface area contributed by atoms with Crippen molar-refractivity contribution < 1.29 is 4.79 Å². The fourth-order valence-electron chi connectivity index (χ4n) is 3.26. The molecule has 0 radical (unpaired) electrons. The molecular weight excluding hydrogens is 276 g/mol. The molecule has 0 bridgehead atoms. The number of carbonyl (C=O) groups excluding carboxylic acids is 1. The molecule has 116 valence electrons. The molecule has 1 aliphatic heterocycles. The Kier molecular flexibility index (Phi) is 3.96. The van der Waals surface area contributed by atoms with Gasteiger partial charge in [-0.3, -0.25) is 4.79 Å². The zero-order valence-electron chi connectivity index (χ0n) is 13.4. The van der Waals surface area contributed by atoms with Crippen molar-refractivity contribution in [2.24, 2.45) is 7.05 Å². The lowest BCUT2D eigenvalue weighted by atomic mass is 9.95. The minimum absolute atomic E-state index is 0.129. The lowest BCUT2D eigenvalue weighted by Crippen LogP contribution is -2.40. The fraction of sp³-hybridized carbons (Fsp3) is 0.471. The maximum Gasteiger partial charge on any atom is 0.254 e. The molecule has 1 aromatic heterocycles. The fourth-order valence-corrected chi connectivity index (χ4v) is 3.26. The number of carbonyl (C=O) groups is 1. The van der Waals surface area contributed by atoms with Gasteiger partial charge in [-0.1, -0.05) is 17.7 Å². The van der Waals surface area contributed by atoms with Crippen LogP contribution in [-0.2, 0) is 7.05 Å². The SMILES string of the molecule is Cc1ccc(C(=O)N2CCCC(c3nncn3C)C2)c(C)c1. The molecule has 0 saturated carbocycles. The van der Waals surface area contributed by atoms with Crippen LogP contribution in [0.2, 0.25) is 0 Å². The number of rotatable bonds is 2. The van der Waals surface area contributed by atoms with Gasteiger partial charge in [0, 0.05) is 31.6 Å². The molecule has 2 aromatic rings. The number of hydrogen-bond donors (Lipinski definition) is 0. The molecule has 1 amide bonds. The molecule has 1 saturated heterocycles. The van der Waals surface area contributed by atoms with E-state index in [-0.39, 0.29) is 11.8 Å². The van der Waals surface area contributed by atoms with Crippen LogP contribution in [0.25, 0.3) is 0 Å². The number of aromatic nitrogens is 3. The van der Waals surface area contributed by atoms with Gasteiger partial charge in [0.05, 0.1) is 0 Å². The third kappa shape index (κ3) is 2.75. The summed E-state index contributed by atoms with van der Waals surface area (Å²) in [6.07, 6.45) is 3.79. The Morgan fingerprint density at radius 3 is 2.82 bits per heavy atom. The molecule has 0 N–H and O–H groups in total. The van der Waals surface area contributed by atoms with Gasteiger partial charge in [-0.25, -0.2) is 0 Å². The van der Waals surface area contributed by atoms with E-state index in [0.29, 0.717) is 0 Å². The van der Waals surface area contributed by atoms with Crippen LogP contribution in [0.5, 0.6) is 0 Å². The Bertz CT molecular complexity index is 692. The Balaban J connectivity index is 1.79. The van der Waals surface area contributed by atoms with Gasteiger partial charge < -0.3 is 9.47 Å². The Morgan fingerprint density at radius 1 is 1.32 bits per heavy atom. The van der Waals surface area contributed by atoms with Gasteiger partial charge in [0.1, 0.15) is 12.2 Å². The molecule has 1 atom stereocenters. The van der Waals surface area contributed by atoms with Crippen molar-refractivity contribution in [3.05, 3.63) is 47.0 Å². The number of piperidine rings is 1. The lowest BCUT2D eigenvalue weighted by molar-refractivity contribution is 0.0702. The van der Waals surface area contributed by atoms with Crippen molar-refractivity contribution in [3.8, 4) is 0 Å². The van der Waals surface area contributed by atoms with Crippen molar-refractivity contribution in [2.75, 3.05) is 13.1 Å². The first-order chi connectivity index (χ1) is 10.6. The van der Waals surface area contributed by atoms with E-state index in [1.165, 1.54) is 5.56 Å². The van der Waals surface area contributed by atoms with Crippen LogP contribution in [0.1, 0.15) is 46.1 Å². The lowest BCUT2D eigenvalue weighted by Gasteiger charge is -2.32. The second-order valence-electron chi connectivity index (χ2n) is 6.21. The van der Waals surface area contributed by atoms with Crippen molar-refractivity contribution >= 4 is 5.91 Å². The van der Waals surface area contributed by atoms with Crippen LogP contribution in [-0.4, -0.2) is 38.7 Å². The summed E-state index contributed by atoms with van der Waals surface area (Å²) in [7, 11) is 1.96. The van der Waals surface area contributed by atoms with Crippen LogP contribution in [0.15, 0.2) is 24.5 Å². The molecule has 5 heteroatoms. The number of amides is 1. The number of nitrogens with zero attached hydrogens (tertiary/aromatic N) is 4. The topological polar surface area (TPSA) is 51.0 Å². The molecule has 1 unspecified atom stereocenters. The molecule has 1 fully saturated rings. The molecular formula is C17H22N4O. The number of benzene rings is 1. The summed E-state index contributed by atoms with van der Waals surface area (Å²) < 4.78 is 1.95. The molecule has 2 heterocycles. The van der Waals surface area contributed by atoms with E-state index in [1.807, 2.05) is 42.5 Å². The maximum atomic E-state index is 12.8. The zero-order valence-corrected chi connectivity index (χ0v) is 13.4. The van der Waals surface area contributed by atoms with Crippen LogP contribution in [0.4, 0.5) is 0 Å². The highest BCUT2D eigenvalue weighted by Crippen LogP contribution is 2.26. The van der Waals surface area contributed by atoms with E-state index < -0.39 is 0 Å². The maximum absolute atomic E-state index is 12.8. The molecule has 22 heavy (non-hydrogen) atoms. The van der Waals surface area contributed by atoms with E-state index >= 15 is 0 Å². The van der Waals surface area contributed by atoms with Gasteiger partial charge in [-0.05, 0) is 38.3 Å². The zero-order chi connectivity index (χ0) is 15.7. The molecule has 1 aliphatic rings.